The molecule has 0 N–H and O–H groups in total. The number of ether oxygens (including phenoxy) is 1. The second kappa shape index (κ2) is 4.37. The van der Waals surface area contributed by atoms with Crippen LogP contribution in [0.2, 0.25) is 0 Å². The van der Waals surface area contributed by atoms with Crippen molar-refractivity contribution >= 4 is 5.97 Å². The van der Waals surface area contributed by atoms with Crippen LogP contribution in [0.15, 0.2) is 30.5 Å². The van der Waals surface area contributed by atoms with Crippen molar-refractivity contribution in [3.05, 3.63) is 47.5 Å². The molecule has 0 saturated carbocycles. The standard InChI is InChI=1S/C12H11FN2O2/c1-8-4-3-5-10(11(8)13)17-12(16)9-6-7-14-15(9)2/h3-7H,1-2H3. The molecule has 0 aliphatic rings. The van der Waals surface area contributed by atoms with E-state index in [-0.39, 0.29) is 11.4 Å². The summed E-state index contributed by atoms with van der Waals surface area (Å²) < 4.78 is 20.0. The van der Waals surface area contributed by atoms with Gasteiger partial charge in [0.25, 0.3) is 0 Å². The van der Waals surface area contributed by atoms with Gasteiger partial charge in [0.15, 0.2) is 11.6 Å². The van der Waals surface area contributed by atoms with Crippen molar-refractivity contribution in [3.8, 4) is 5.75 Å². The van der Waals surface area contributed by atoms with Crippen LogP contribution in [0, 0.1) is 12.7 Å². The van der Waals surface area contributed by atoms with Crippen LogP contribution in [0.25, 0.3) is 0 Å². The highest BCUT2D eigenvalue weighted by Crippen LogP contribution is 2.20. The third-order valence-electron chi connectivity index (χ3n) is 2.39. The Hall–Kier alpha value is -2.17. The average molecular weight is 234 g/mol. The van der Waals surface area contributed by atoms with Gasteiger partial charge in [-0.15, -0.1) is 0 Å². The first-order chi connectivity index (χ1) is 8.09. The Labute approximate surface area is 97.6 Å². The Morgan fingerprint density at radius 2 is 2.18 bits per heavy atom. The molecule has 0 aliphatic carbocycles. The molecule has 0 unspecified atom stereocenters. The molecule has 1 aromatic carbocycles. The predicted molar refractivity (Wildman–Crippen MR) is 59.3 cm³/mol. The topological polar surface area (TPSA) is 44.1 Å². The maximum atomic E-state index is 13.6. The average Bonchev–Trinajstić information content (AvgIpc) is 2.71. The van der Waals surface area contributed by atoms with Crippen LogP contribution in [0.1, 0.15) is 16.1 Å². The van der Waals surface area contributed by atoms with E-state index >= 15 is 0 Å². The molecule has 5 heteroatoms. The SMILES string of the molecule is Cc1cccc(OC(=O)c2ccnn2C)c1F. The Morgan fingerprint density at radius 3 is 2.82 bits per heavy atom. The minimum Gasteiger partial charge on any atom is -0.419 e. The molecule has 1 aromatic heterocycles. The quantitative estimate of drug-likeness (QED) is 0.590. The lowest BCUT2D eigenvalue weighted by Gasteiger charge is -2.06. The van der Waals surface area contributed by atoms with Crippen LogP contribution in [0.4, 0.5) is 4.39 Å². The molecule has 88 valence electrons. The van der Waals surface area contributed by atoms with E-state index in [4.69, 9.17) is 4.74 Å². The zero-order chi connectivity index (χ0) is 12.4. The Kier molecular flexibility index (Phi) is 2.91. The van der Waals surface area contributed by atoms with Gasteiger partial charge >= 0.3 is 5.97 Å². The van der Waals surface area contributed by atoms with Gasteiger partial charge in [0.2, 0.25) is 0 Å². The van der Waals surface area contributed by atoms with E-state index in [1.807, 2.05) is 0 Å². The molecule has 0 aliphatic heterocycles. The molecule has 0 amide bonds. The number of esters is 1. The second-order valence-corrected chi connectivity index (χ2v) is 3.62. The van der Waals surface area contributed by atoms with Gasteiger partial charge < -0.3 is 4.74 Å². The summed E-state index contributed by atoms with van der Waals surface area (Å²) in [7, 11) is 1.61. The van der Waals surface area contributed by atoms with Crippen LogP contribution < -0.4 is 4.74 Å². The fourth-order valence-corrected chi connectivity index (χ4v) is 1.43. The van der Waals surface area contributed by atoms with Crippen LogP contribution >= 0.6 is 0 Å². The highest BCUT2D eigenvalue weighted by atomic mass is 19.1. The van der Waals surface area contributed by atoms with Gasteiger partial charge in [-0.3, -0.25) is 4.68 Å². The van der Waals surface area contributed by atoms with E-state index in [9.17, 15) is 9.18 Å². The van der Waals surface area contributed by atoms with Crippen molar-refractivity contribution < 1.29 is 13.9 Å². The first-order valence-corrected chi connectivity index (χ1v) is 5.05. The molecule has 0 saturated heterocycles. The maximum absolute atomic E-state index is 13.6. The van der Waals surface area contributed by atoms with Gasteiger partial charge in [0, 0.05) is 13.2 Å². The van der Waals surface area contributed by atoms with Crippen LogP contribution in [0.5, 0.6) is 5.75 Å². The van der Waals surface area contributed by atoms with Gasteiger partial charge in [-0.25, -0.2) is 9.18 Å². The van der Waals surface area contributed by atoms with E-state index in [1.54, 1.807) is 26.1 Å². The first-order valence-electron chi connectivity index (χ1n) is 5.05. The summed E-state index contributed by atoms with van der Waals surface area (Å²) in [6.07, 6.45) is 1.48. The van der Waals surface area contributed by atoms with E-state index in [0.29, 0.717) is 5.56 Å². The lowest BCUT2D eigenvalue weighted by atomic mass is 10.2. The van der Waals surface area contributed by atoms with E-state index in [0.717, 1.165) is 0 Å². The van der Waals surface area contributed by atoms with Crippen molar-refractivity contribution in [2.24, 2.45) is 7.05 Å². The summed E-state index contributed by atoms with van der Waals surface area (Å²) in [5.74, 6) is -1.23. The molecular formula is C12H11FN2O2. The van der Waals surface area contributed by atoms with Crippen molar-refractivity contribution in [3.63, 3.8) is 0 Å². The van der Waals surface area contributed by atoms with Gasteiger partial charge in [-0.05, 0) is 24.6 Å². The Balaban J connectivity index is 2.25. The molecule has 0 radical (unpaired) electrons. The molecule has 0 bridgehead atoms. The number of hydrogen-bond acceptors (Lipinski definition) is 3. The lowest BCUT2D eigenvalue weighted by molar-refractivity contribution is 0.0716. The van der Waals surface area contributed by atoms with E-state index in [2.05, 4.69) is 5.10 Å². The highest BCUT2D eigenvalue weighted by Gasteiger charge is 2.15. The monoisotopic (exact) mass is 234 g/mol. The van der Waals surface area contributed by atoms with E-state index < -0.39 is 11.8 Å². The number of carbonyl (C=O) groups excluding carboxylic acids is 1. The van der Waals surface area contributed by atoms with Gasteiger partial charge in [0.1, 0.15) is 5.69 Å². The molecule has 1 heterocycles. The molecule has 0 atom stereocenters. The summed E-state index contributed by atoms with van der Waals surface area (Å²) in [5.41, 5.74) is 0.700. The Morgan fingerprint density at radius 1 is 1.41 bits per heavy atom. The number of rotatable bonds is 2. The third kappa shape index (κ3) is 2.18. The minimum absolute atomic E-state index is 0.0730. The number of hydrogen-bond donors (Lipinski definition) is 0. The Bertz CT molecular complexity index is 563. The van der Waals surface area contributed by atoms with Crippen LogP contribution in [0.3, 0.4) is 0 Å². The largest absolute Gasteiger partial charge is 0.419 e. The van der Waals surface area contributed by atoms with Crippen LogP contribution in [-0.2, 0) is 7.05 Å². The minimum atomic E-state index is -0.630. The zero-order valence-corrected chi connectivity index (χ0v) is 9.48. The summed E-state index contributed by atoms with van der Waals surface area (Å²) in [6.45, 7) is 1.61. The lowest BCUT2D eigenvalue weighted by Crippen LogP contribution is -2.14. The van der Waals surface area contributed by atoms with Crippen LogP contribution in [-0.4, -0.2) is 15.7 Å². The predicted octanol–water partition coefficient (Wildman–Crippen LogP) is 2.09. The summed E-state index contributed by atoms with van der Waals surface area (Å²) in [6, 6.07) is 6.16. The molecule has 2 rings (SSSR count). The number of aryl methyl sites for hydroxylation is 2. The number of carbonyl (C=O) groups is 1. The molecule has 2 aromatic rings. The van der Waals surface area contributed by atoms with Crippen molar-refractivity contribution in [1.29, 1.82) is 0 Å². The normalized spacial score (nSPS) is 10.3. The molecular weight excluding hydrogens is 223 g/mol. The van der Waals surface area contributed by atoms with Gasteiger partial charge in [0.05, 0.1) is 0 Å². The van der Waals surface area contributed by atoms with E-state index in [1.165, 1.54) is 23.0 Å². The molecule has 0 spiro atoms. The van der Waals surface area contributed by atoms with Gasteiger partial charge in [-0.1, -0.05) is 12.1 Å². The first kappa shape index (κ1) is 11.3. The zero-order valence-electron chi connectivity index (χ0n) is 9.48. The fourth-order valence-electron chi connectivity index (χ4n) is 1.43. The molecule has 0 fully saturated rings. The fraction of sp³-hybridized carbons (Fsp3) is 0.167. The molecule has 4 nitrogen and oxygen atoms in total. The summed E-state index contributed by atoms with van der Waals surface area (Å²) in [4.78, 5) is 11.7. The van der Waals surface area contributed by atoms with Gasteiger partial charge in [-0.2, -0.15) is 5.10 Å². The number of benzene rings is 1. The highest BCUT2D eigenvalue weighted by molar-refractivity contribution is 5.89. The molecule has 17 heavy (non-hydrogen) atoms. The number of aromatic nitrogens is 2. The third-order valence-corrected chi connectivity index (χ3v) is 2.39. The van der Waals surface area contributed by atoms with Crippen molar-refractivity contribution in [2.45, 2.75) is 6.92 Å². The maximum Gasteiger partial charge on any atom is 0.362 e. The van der Waals surface area contributed by atoms with Crippen molar-refractivity contribution in [1.82, 2.24) is 9.78 Å². The number of halogens is 1. The summed E-state index contributed by atoms with van der Waals surface area (Å²) in [5, 5.41) is 3.84. The van der Waals surface area contributed by atoms with Crippen molar-refractivity contribution in [2.75, 3.05) is 0 Å². The second-order valence-electron chi connectivity index (χ2n) is 3.62. The smallest absolute Gasteiger partial charge is 0.362 e. The summed E-state index contributed by atoms with van der Waals surface area (Å²) >= 11 is 0. The number of nitrogens with zero attached hydrogens (tertiary/aromatic N) is 2.